The van der Waals surface area contributed by atoms with Crippen LogP contribution in [0.3, 0.4) is 0 Å². The number of amides is 1. The second-order valence-electron chi connectivity index (χ2n) is 4.45. The van der Waals surface area contributed by atoms with Crippen LogP contribution < -0.4 is 5.32 Å². The van der Waals surface area contributed by atoms with Crippen LogP contribution in [0.25, 0.3) is 0 Å². The van der Waals surface area contributed by atoms with Crippen LogP contribution >= 0.6 is 11.6 Å². The maximum Gasteiger partial charge on any atom is 0.220 e. The van der Waals surface area contributed by atoms with Gasteiger partial charge in [0.1, 0.15) is 5.82 Å². The Hall–Kier alpha value is -1.09. The zero-order chi connectivity index (χ0) is 13.4. The van der Waals surface area contributed by atoms with Crippen LogP contribution in [0, 0.1) is 5.82 Å². The van der Waals surface area contributed by atoms with Gasteiger partial charge in [-0.2, -0.15) is 0 Å². The van der Waals surface area contributed by atoms with Crippen molar-refractivity contribution in [2.24, 2.45) is 0 Å². The molecule has 1 aromatic carbocycles. The first-order valence-corrected chi connectivity index (χ1v) is 6.75. The molecule has 1 unspecified atom stereocenters. The SMILES string of the molecule is CC(Cc1ccc(F)cc1)NC(=O)CCCCCl. The van der Waals surface area contributed by atoms with Gasteiger partial charge in [0, 0.05) is 18.3 Å². The van der Waals surface area contributed by atoms with Gasteiger partial charge in [-0.1, -0.05) is 12.1 Å². The van der Waals surface area contributed by atoms with E-state index in [1.165, 1.54) is 12.1 Å². The molecule has 0 heterocycles. The molecular formula is C14H19ClFNO. The molecule has 0 radical (unpaired) electrons. The highest BCUT2D eigenvalue weighted by Gasteiger charge is 2.07. The largest absolute Gasteiger partial charge is 0.353 e. The molecule has 0 aliphatic heterocycles. The Morgan fingerprint density at radius 3 is 2.61 bits per heavy atom. The van der Waals surface area contributed by atoms with Crippen molar-refractivity contribution in [1.29, 1.82) is 0 Å². The number of halogens is 2. The predicted molar refractivity (Wildman–Crippen MR) is 72.3 cm³/mol. The molecule has 1 N–H and O–H groups in total. The highest BCUT2D eigenvalue weighted by Crippen LogP contribution is 2.06. The first kappa shape index (κ1) is 15.0. The van der Waals surface area contributed by atoms with E-state index in [0.29, 0.717) is 18.7 Å². The van der Waals surface area contributed by atoms with Crippen molar-refractivity contribution in [3.8, 4) is 0 Å². The summed E-state index contributed by atoms with van der Waals surface area (Å²) in [6, 6.07) is 6.41. The van der Waals surface area contributed by atoms with E-state index in [1.54, 1.807) is 12.1 Å². The topological polar surface area (TPSA) is 29.1 Å². The van der Waals surface area contributed by atoms with Crippen LogP contribution in [0.4, 0.5) is 4.39 Å². The van der Waals surface area contributed by atoms with Crippen molar-refractivity contribution in [3.05, 3.63) is 35.6 Å². The summed E-state index contributed by atoms with van der Waals surface area (Å²) in [5.41, 5.74) is 1.02. The van der Waals surface area contributed by atoms with Gasteiger partial charge in [0.25, 0.3) is 0 Å². The lowest BCUT2D eigenvalue weighted by molar-refractivity contribution is -0.121. The first-order chi connectivity index (χ1) is 8.61. The molecular weight excluding hydrogens is 253 g/mol. The normalized spacial score (nSPS) is 12.2. The molecule has 1 atom stereocenters. The molecule has 1 rings (SSSR count). The fourth-order valence-corrected chi connectivity index (χ4v) is 1.94. The quantitative estimate of drug-likeness (QED) is 0.598. The Bertz CT molecular complexity index is 367. The number of unbranched alkanes of at least 4 members (excludes halogenated alkanes) is 1. The number of carbonyl (C=O) groups is 1. The summed E-state index contributed by atoms with van der Waals surface area (Å²) >= 11 is 5.55. The van der Waals surface area contributed by atoms with Crippen molar-refractivity contribution < 1.29 is 9.18 Å². The van der Waals surface area contributed by atoms with Crippen LogP contribution in [-0.4, -0.2) is 17.8 Å². The highest BCUT2D eigenvalue weighted by atomic mass is 35.5. The van der Waals surface area contributed by atoms with E-state index in [4.69, 9.17) is 11.6 Å². The van der Waals surface area contributed by atoms with Gasteiger partial charge in [-0.15, -0.1) is 11.6 Å². The molecule has 1 aromatic rings. The summed E-state index contributed by atoms with van der Waals surface area (Å²) in [5, 5.41) is 2.93. The lowest BCUT2D eigenvalue weighted by Gasteiger charge is -2.13. The van der Waals surface area contributed by atoms with Gasteiger partial charge in [0.15, 0.2) is 0 Å². The summed E-state index contributed by atoms with van der Waals surface area (Å²) in [5.74, 6) is 0.407. The highest BCUT2D eigenvalue weighted by molar-refractivity contribution is 6.17. The molecule has 0 spiro atoms. The minimum atomic E-state index is -0.239. The zero-order valence-electron chi connectivity index (χ0n) is 10.6. The third-order valence-electron chi connectivity index (χ3n) is 2.65. The van der Waals surface area contributed by atoms with E-state index in [1.807, 2.05) is 6.92 Å². The van der Waals surface area contributed by atoms with E-state index in [0.717, 1.165) is 18.4 Å². The summed E-state index contributed by atoms with van der Waals surface area (Å²) in [6.45, 7) is 1.95. The Labute approximate surface area is 113 Å². The summed E-state index contributed by atoms with van der Waals surface area (Å²) in [6.07, 6.45) is 2.90. The van der Waals surface area contributed by atoms with Gasteiger partial charge in [-0.05, 0) is 43.9 Å². The Morgan fingerprint density at radius 2 is 2.00 bits per heavy atom. The number of rotatable bonds is 7. The third-order valence-corrected chi connectivity index (χ3v) is 2.92. The fraction of sp³-hybridized carbons (Fsp3) is 0.500. The monoisotopic (exact) mass is 271 g/mol. The minimum absolute atomic E-state index is 0.0507. The minimum Gasteiger partial charge on any atom is -0.353 e. The van der Waals surface area contributed by atoms with Crippen LogP contribution in [0.1, 0.15) is 31.7 Å². The molecule has 4 heteroatoms. The van der Waals surface area contributed by atoms with Gasteiger partial charge in [-0.25, -0.2) is 4.39 Å². The van der Waals surface area contributed by atoms with Gasteiger partial charge < -0.3 is 5.32 Å². The molecule has 0 aliphatic carbocycles. The van der Waals surface area contributed by atoms with Crippen LogP contribution in [0.15, 0.2) is 24.3 Å². The number of hydrogen-bond donors (Lipinski definition) is 1. The molecule has 18 heavy (non-hydrogen) atoms. The summed E-state index contributed by atoms with van der Waals surface area (Å²) in [7, 11) is 0. The maximum atomic E-state index is 12.7. The standard InChI is InChI=1S/C14H19ClFNO/c1-11(17-14(18)4-2-3-9-15)10-12-5-7-13(16)8-6-12/h5-8,11H,2-4,9-10H2,1H3,(H,17,18). The average Bonchev–Trinajstić information content (AvgIpc) is 2.32. The number of benzene rings is 1. The summed E-state index contributed by atoms with van der Waals surface area (Å²) in [4.78, 5) is 11.6. The molecule has 0 aromatic heterocycles. The van der Waals surface area contributed by atoms with Gasteiger partial charge in [-0.3, -0.25) is 4.79 Å². The van der Waals surface area contributed by atoms with E-state index in [-0.39, 0.29) is 17.8 Å². The molecule has 2 nitrogen and oxygen atoms in total. The molecule has 1 amide bonds. The number of carbonyl (C=O) groups excluding carboxylic acids is 1. The smallest absolute Gasteiger partial charge is 0.220 e. The van der Waals surface area contributed by atoms with Crippen LogP contribution in [0.5, 0.6) is 0 Å². The van der Waals surface area contributed by atoms with Crippen molar-refractivity contribution in [3.63, 3.8) is 0 Å². The second-order valence-corrected chi connectivity index (χ2v) is 4.82. The number of nitrogens with one attached hydrogen (secondary N) is 1. The van der Waals surface area contributed by atoms with E-state index in [2.05, 4.69) is 5.32 Å². The Kier molecular flexibility index (Phi) is 6.73. The lowest BCUT2D eigenvalue weighted by atomic mass is 10.1. The van der Waals surface area contributed by atoms with E-state index in [9.17, 15) is 9.18 Å². The number of alkyl halides is 1. The van der Waals surface area contributed by atoms with E-state index < -0.39 is 0 Å². The molecule has 100 valence electrons. The van der Waals surface area contributed by atoms with Crippen molar-refractivity contribution in [2.45, 2.75) is 38.6 Å². The van der Waals surface area contributed by atoms with Crippen molar-refractivity contribution >= 4 is 17.5 Å². The first-order valence-electron chi connectivity index (χ1n) is 6.21. The third kappa shape index (κ3) is 6.01. The fourth-order valence-electron chi connectivity index (χ4n) is 1.75. The van der Waals surface area contributed by atoms with E-state index >= 15 is 0 Å². The second kappa shape index (κ2) is 8.09. The molecule has 0 saturated heterocycles. The average molecular weight is 272 g/mol. The summed E-state index contributed by atoms with van der Waals surface area (Å²) < 4.78 is 12.7. The molecule has 0 bridgehead atoms. The van der Waals surface area contributed by atoms with Gasteiger partial charge in [0.2, 0.25) is 5.91 Å². The maximum absolute atomic E-state index is 12.7. The Morgan fingerprint density at radius 1 is 1.33 bits per heavy atom. The van der Waals surface area contributed by atoms with Crippen molar-refractivity contribution in [2.75, 3.05) is 5.88 Å². The van der Waals surface area contributed by atoms with Crippen molar-refractivity contribution in [1.82, 2.24) is 5.32 Å². The molecule has 0 aliphatic rings. The molecule has 0 fully saturated rings. The number of hydrogen-bond acceptors (Lipinski definition) is 1. The van der Waals surface area contributed by atoms with Crippen LogP contribution in [-0.2, 0) is 11.2 Å². The predicted octanol–water partition coefficient (Wildman–Crippen LogP) is 3.28. The molecule has 0 saturated carbocycles. The lowest BCUT2D eigenvalue weighted by Crippen LogP contribution is -2.33. The van der Waals surface area contributed by atoms with Crippen LogP contribution in [0.2, 0.25) is 0 Å². The zero-order valence-corrected chi connectivity index (χ0v) is 11.3. The van der Waals surface area contributed by atoms with Gasteiger partial charge >= 0.3 is 0 Å². The van der Waals surface area contributed by atoms with Gasteiger partial charge in [0.05, 0.1) is 0 Å². The Balaban J connectivity index is 2.30.